The van der Waals surface area contributed by atoms with E-state index in [1.807, 2.05) is 0 Å². The van der Waals surface area contributed by atoms with Gasteiger partial charge in [-0.15, -0.1) is 0 Å². The molecule has 0 unspecified atom stereocenters. The molecular weight excluding hydrogens is 258 g/mol. The Balaban J connectivity index is 1.57. The summed E-state index contributed by atoms with van der Waals surface area (Å²) in [6.07, 6.45) is 7.41. The summed E-state index contributed by atoms with van der Waals surface area (Å²) in [7, 11) is 0. The average Bonchev–Trinajstić information content (AvgIpc) is 3.15. The van der Waals surface area contributed by atoms with Crippen molar-refractivity contribution in [1.29, 1.82) is 0 Å². The van der Waals surface area contributed by atoms with E-state index in [0.29, 0.717) is 12.1 Å². The fourth-order valence-electron chi connectivity index (χ4n) is 3.16. The molecular formula is C18H25N3. The lowest BCUT2D eigenvalue weighted by Gasteiger charge is -2.14. The van der Waals surface area contributed by atoms with Crippen molar-refractivity contribution in [3.05, 3.63) is 53.3 Å². The highest BCUT2D eigenvalue weighted by molar-refractivity contribution is 5.24. The van der Waals surface area contributed by atoms with Crippen molar-refractivity contribution < 1.29 is 0 Å². The summed E-state index contributed by atoms with van der Waals surface area (Å²) in [5.41, 5.74) is 3.79. The van der Waals surface area contributed by atoms with E-state index in [4.69, 9.17) is 5.10 Å². The first-order valence-electron chi connectivity index (χ1n) is 8.06. The summed E-state index contributed by atoms with van der Waals surface area (Å²) in [5, 5.41) is 8.30. The van der Waals surface area contributed by atoms with Crippen molar-refractivity contribution in [1.82, 2.24) is 15.1 Å². The molecule has 0 radical (unpaired) electrons. The zero-order valence-corrected chi connectivity index (χ0v) is 13.0. The fourth-order valence-corrected chi connectivity index (χ4v) is 3.16. The van der Waals surface area contributed by atoms with Crippen molar-refractivity contribution >= 4 is 0 Å². The van der Waals surface area contributed by atoms with Gasteiger partial charge >= 0.3 is 0 Å². The minimum Gasteiger partial charge on any atom is -0.304 e. The van der Waals surface area contributed by atoms with Gasteiger partial charge in [-0.25, -0.2) is 0 Å². The average molecular weight is 283 g/mol. The van der Waals surface area contributed by atoms with Crippen molar-refractivity contribution in [2.45, 2.75) is 58.2 Å². The van der Waals surface area contributed by atoms with E-state index >= 15 is 0 Å². The van der Waals surface area contributed by atoms with Gasteiger partial charge in [-0.1, -0.05) is 42.7 Å². The van der Waals surface area contributed by atoms with Gasteiger partial charge in [-0.3, -0.25) is 4.68 Å². The maximum absolute atomic E-state index is 4.73. The number of aryl methyl sites for hydroxylation is 1. The second kappa shape index (κ2) is 6.44. The van der Waals surface area contributed by atoms with E-state index in [1.54, 1.807) is 0 Å². The van der Waals surface area contributed by atoms with Gasteiger partial charge in [0.2, 0.25) is 0 Å². The number of hydrogen-bond acceptors (Lipinski definition) is 2. The van der Waals surface area contributed by atoms with Crippen molar-refractivity contribution in [3.63, 3.8) is 0 Å². The predicted octanol–water partition coefficient (Wildman–Crippen LogP) is 4.16. The standard InChI is InChI=1S/C18H25N3/c1-14-6-5-7-16(12-14)15(2)19-13-17-10-11-21(20-17)18-8-3-4-9-18/h5-7,10-12,15,18-19H,3-4,8-9,13H2,1-2H3/t15-/m1/s1. The Bertz CT molecular complexity index is 582. The molecule has 3 heteroatoms. The van der Waals surface area contributed by atoms with Gasteiger partial charge in [-0.05, 0) is 38.3 Å². The summed E-state index contributed by atoms with van der Waals surface area (Å²) < 4.78 is 2.17. The molecule has 21 heavy (non-hydrogen) atoms. The van der Waals surface area contributed by atoms with Crippen LogP contribution in [0.4, 0.5) is 0 Å². The van der Waals surface area contributed by atoms with Crippen LogP contribution in [0.5, 0.6) is 0 Å². The van der Waals surface area contributed by atoms with E-state index in [-0.39, 0.29) is 0 Å². The smallest absolute Gasteiger partial charge is 0.0762 e. The topological polar surface area (TPSA) is 29.9 Å². The SMILES string of the molecule is Cc1cccc([C@@H](C)NCc2ccn(C3CCCC3)n2)c1. The van der Waals surface area contributed by atoms with Crippen molar-refractivity contribution in [3.8, 4) is 0 Å². The molecule has 1 aromatic carbocycles. The van der Waals surface area contributed by atoms with E-state index in [0.717, 1.165) is 12.2 Å². The zero-order chi connectivity index (χ0) is 14.7. The molecule has 1 heterocycles. The molecule has 1 atom stereocenters. The maximum Gasteiger partial charge on any atom is 0.0762 e. The molecule has 0 amide bonds. The molecule has 2 aromatic rings. The quantitative estimate of drug-likeness (QED) is 0.893. The molecule has 0 saturated heterocycles. The molecule has 1 aromatic heterocycles. The summed E-state index contributed by atoms with van der Waals surface area (Å²) in [4.78, 5) is 0. The van der Waals surface area contributed by atoms with Gasteiger partial charge in [0.05, 0.1) is 11.7 Å². The van der Waals surface area contributed by atoms with Gasteiger partial charge < -0.3 is 5.32 Å². The summed E-state index contributed by atoms with van der Waals surface area (Å²) in [6, 6.07) is 11.8. The summed E-state index contributed by atoms with van der Waals surface area (Å²) in [5.74, 6) is 0. The lowest BCUT2D eigenvalue weighted by atomic mass is 10.1. The Hall–Kier alpha value is -1.61. The van der Waals surface area contributed by atoms with E-state index in [1.165, 1.54) is 36.8 Å². The zero-order valence-electron chi connectivity index (χ0n) is 13.0. The van der Waals surface area contributed by atoms with Crippen molar-refractivity contribution in [2.24, 2.45) is 0 Å². The monoisotopic (exact) mass is 283 g/mol. The number of rotatable bonds is 5. The number of aromatic nitrogens is 2. The molecule has 1 fully saturated rings. The van der Waals surface area contributed by atoms with Crippen LogP contribution in [0.25, 0.3) is 0 Å². The van der Waals surface area contributed by atoms with Crippen LogP contribution in [0.1, 0.15) is 61.5 Å². The normalized spacial score (nSPS) is 17.2. The molecule has 112 valence electrons. The van der Waals surface area contributed by atoms with Crippen LogP contribution < -0.4 is 5.32 Å². The van der Waals surface area contributed by atoms with Crippen LogP contribution in [0.3, 0.4) is 0 Å². The number of nitrogens with zero attached hydrogens (tertiary/aromatic N) is 2. The first-order chi connectivity index (χ1) is 10.2. The number of nitrogens with one attached hydrogen (secondary N) is 1. The molecule has 0 spiro atoms. The van der Waals surface area contributed by atoms with Gasteiger partial charge in [0, 0.05) is 18.8 Å². The maximum atomic E-state index is 4.73. The molecule has 3 rings (SSSR count). The molecule has 3 nitrogen and oxygen atoms in total. The highest BCUT2D eigenvalue weighted by atomic mass is 15.3. The highest BCUT2D eigenvalue weighted by Crippen LogP contribution is 2.28. The molecule has 1 aliphatic carbocycles. The largest absolute Gasteiger partial charge is 0.304 e. The second-order valence-electron chi connectivity index (χ2n) is 6.24. The van der Waals surface area contributed by atoms with Crippen LogP contribution in [-0.2, 0) is 6.54 Å². The summed E-state index contributed by atoms with van der Waals surface area (Å²) >= 11 is 0. The van der Waals surface area contributed by atoms with Gasteiger partial charge in [0.1, 0.15) is 0 Å². The molecule has 1 N–H and O–H groups in total. The minimum atomic E-state index is 0.349. The van der Waals surface area contributed by atoms with E-state index in [2.05, 4.69) is 60.4 Å². The van der Waals surface area contributed by atoms with Gasteiger partial charge in [0.25, 0.3) is 0 Å². The third-order valence-electron chi connectivity index (χ3n) is 4.49. The lowest BCUT2D eigenvalue weighted by Crippen LogP contribution is -2.18. The number of benzene rings is 1. The summed E-state index contributed by atoms with van der Waals surface area (Å²) in [6.45, 7) is 5.18. The first kappa shape index (κ1) is 14.3. The molecule has 0 aliphatic heterocycles. The Labute approximate surface area is 127 Å². The Morgan fingerprint density at radius 3 is 2.86 bits per heavy atom. The Morgan fingerprint density at radius 2 is 2.10 bits per heavy atom. The Morgan fingerprint density at radius 1 is 1.29 bits per heavy atom. The van der Waals surface area contributed by atoms with Crippen molar-refractivity contribution in [2.75, 3.05) is 0 Å². The Kier molecular flexibility index (Phi) is 4.39. The third-order valence-corrected chi connectivity index (χ3v) is 4.49. The lowest BCUT2D eigenvalue weighted by molar-refractivity contribution is 0.458. The number of hydrogen-bond donors (Lipinski definition) is 1. The van der Waals surface area contributed by atoms with Crippen LogP contribution in [0, 0.1) is 6.92 Å². The van der Waals surface area contributed by atoms with Gasteiger partial charge in [-0.2, -0.15) is 5.10 Å². The first-order valence-corrected chi connectivity index (χ1v) is 8.06. The second-order valence-corrected chi connectivity index (χ2v) is 6.24. The van der Waals surface area contributed by atoms with Crippen LogP contribution in [-0.4, -0.2) is 9.78 Å². The van der Waals surface area contributed by atoms with E-state index in [9.17, 15) is 0 Å². The van der Waals surface area contributed by atoms with Crippen LogP contribution in [0.2, 0.25) is 0 Å². The fraction of sp³-hybridized carbons (Fsp3) is 0.500. The minimum absolute atomic E-state index is 0.349. The van der Waals surface area contributed by atoms with Crippen LogP contribution >= 0.6 is 0 Å². The molecule has 1 saturated carbocycles. The van der Waals surface area contributed by atoms with E-state index < -0.39 is 0 Å². The van der Waals surface area contributed by atoms with Gasteiger partial charge in [0.15, 0.2) is 0 Å². The molecule has 1 aliphatic rings. The predicted molar refractivity (Wildman–Crippen MR) is 86.2 cm³/mol. The third kappa shape index (κ3) is 3.53. The molecule has 0 bridgehead atoms. The highest BCUT2D eigenvalue weighted by Gasteiger charge is 2.17. The van der Waals surface area contributed by atoms with Crippen LogP contribution in [0.15, 0.2) is 36.5 Å².